The third-order valence-corrected chi connectivity index (χ3v) is 5.99. The minimum absolute atomic E-state index is 0.0200. The first-order valence-electron chi connectivity index (χ1n) is 11.1. The molecule has 30 heavy (non-hydrogen) atoms. The van der Waals surface area contributed by atoms with Crippen LogP contribution in [-0.4, -0.2) is 28.8 Å². The second-order valence-corrected chi connectivity index (χ2v) is 8.70. The number of rotatable bonds is 7. The van der Waals surface area contributed by atoms with E-state index in [0.29, 0.717) is 13.0 Å². The summed E-state index contributed by atoms with van der Waals surface area (Å²) in [6.45, 7) is 6.36. The van der Waals surface area contributed by atoms with E-state index >= 15 is 0 Å². The highest BCUT2D eigenvalue weighted by molar-refractivity contribution is 5.88. The maximum atomic E-state index is 13.3. The Labute approximate surface area is 180 Å². The molecule has 1 N–H and O–H groups in total. The first kappa shape index (κ1) is 22.1. The Kier molecular flexibility index (Phi) is 7.67. The molecule has 0 unspecified atom stereocenters. The number of hydrogen-bond acceptors (Lipinski definition) is 2. The molecule has 0 spiro atoms. The number of nitrogens with zero attached hydrogens (tertiary/aromatic N) is 1. The minimum Gasteiger partial charge on any atom is -0.352 e. The topological polar surface area (TPSA) is 49.4 Å². The summed E-state index contributed by atoms with van der Waals surface area (Å²) in [6, 6.07) is 15.9. The molecule has 0 heterocycles. The Morgan fingerprint density at radius 3 is 2.20 bits per heavy atom. The zero-order valence-corrected chi connectivity index (χ0v) is 18.5. The van der Waals surface area contributed by atoms with Crippen LogP contribution in [0.5, 0.6) is 0 Å². The summed E-state index contributed by atoms with van der Waals surface area (Å²) in [6.07, 6.45) is 5.95. The van der Waals surface area contributed by atoms with Crippen molar-refractivity contribution in [3.05, 3.63) is 70.8 Å². The van der Waals surface area contributed by atoms with Gasteiger partial charge in [0, 0.05) is 12.6 Å². The molecule has 0 saturated heterocycles. The Morgan fingerprint density at radius 2 is 1.57 bits per heavy atom. The first-order chi connectivity index (χ1) is 14.4. The van der Waals surface area contributed by atoms with Gasteiger partial charge in [-0.3, -0.25) is 9.59 Å². The van der Waals surface area contributed by atoms with Crippen LogP contribution in [0.4, 0.5) is 0 Å². The van der Waals surface area contributed by atoms with E-state index in [9.17, 15) is 9.59 Å². The number of carbonyl (C=O) groups is 2. The summed E-state index contributed by atoms with van der Waals surface area (Å²) in [5.74, 6) is -0.0689. The van der Waals surface area contributed by atoms with Crippen molar-refractivity contribution in [2.45, 2.75) is 77.9 Å². The molecule has 0 aromatic heterocycles. The molecule has 1 aliphatic carbocycles. The molecule has 0 radical (unpaired) electrons. The maximum Gasteiger partial charge on any atom is 0.242 e. The fourth-order valence-electron chi connectivity index (χ4n) is 4.26. The number of aryl methyl sites for hydroxylation is 2. The molecule has 1 fully saturated rings. The van der Waals surface area contributed by atoms with Gasteiger partial charge in [-0.05, 0) is 44.7 Å². The summed E-state index contributed by atoms with van der Waals surface area (Å²) in [5, 5.41) is 3.19. The lowest BCUT2D eigenvalue weighted by Crippen LogP contribution is -2.50. The number of carbonyl (C=O) groups excluding carboxylic acids is 2. The molecular formula is C26H34N2O2. The molecule has 2 aromatic carbocycles. The summed E-state index contributed by atoms with van der Waals surface area (Å²) < 4.78 is 0. The SMILES string of the molecule is Cc1cccc(CC(=O)N(Cc2cccc(C)c2)[C@H](C)C(=O)NC2CCCCC2)c1. The van der Waals surface area contributed by atoms with Gasteiger partial charge in [0.15, 0.2) is 0 Å². The Bertz CT molecular complexity index is 871. The molecule has 4 nitrogen and oxygen atoms in total. The lowest BCUT2D eigenvalue weighted by molar-refractivity contribution is -0.140. The van der Waals surface area contributed by atoms with Crippen LogP contribution in [0.1, 0.15) is 61.3 Å². The first-order valence-corrected chi connectivity index (χ1v) is 11.1. The molecule has 2 aromatic rings. The highest BCUT2D eigenvalue weighted by Gasteiger charge is 2.28. The van der Waals surface area contributed by atoms with Gasteiger partial charge in [-0.1, -0.05) is 78.9 Å². The predicted molar refractivity (Wildman–Crippen MR) is 121 cm³/mol. The second kappa shape index (κ2) is 10.4. The van der Waals surface area contributed by atoms with E-state index in [1.165, 1.54) is 19.3 Å². The van der Waals surface area contributed by atoms with Gasteiger partial charge in [-0.15, -0.1) is 0 Å². The van der Waals surface area contributed by atoms with Crippen molar-refractivity contribution in [3.8, 4) is 0 Å². The standard InChI is InChI=1S/C26H34N2O2/c1-19-9-7-11-22(15-19)17-25(29)28(18-23-12-8-10-20(2)16-23)21(3)26(30)27-24-13-5-4-6-14-24/h7-12,15-16,21,24H,4-6,13-14,17-18H2,1-3H3,(H,27,30)/t21-/m1/s1. The Hall–Kier alpha value is -2.62. The monoisotopic (exact) mass is 406 g/mol. The minimum atomic E-state index is -0.509. The fourth-order valence-corrected chi connectivity index (χ4v) is 4.26. The van der Waals surface area contributed by atoms with E-state index in [1.807, 2.05) is 63.2 Å². The van der Waals surface area contributed by atoms with Crippen LogP contribution in [0.3, 0.4) is 0 Å². The molecule has 3 rings (SSSR count). The van der Waals surface area contributed by atoms with Gasteiger partial charge < -0.3 is 10.2 Å². The van der Waals surface area contributed by atoms with Crippen LogP contribution in [-0.2, 0) is 22.6 Å². The van der Waals surface area contributed by atoms with Crippen molar-refractivity contribution in [1.82, 2.24) is 10.2 Å². The second-order valence-electron chi connectivity index (χ2n) is 8.70. The largest absolute Gasteiger partial charge is 0.352 e. The van der Waals surface area contributed by atoms with Crippen molar-refractivity contribution in [1.29, 1.82) is 0 Å². The van der Waals surface area contributed by atoms with Crippen molar-refractivity contribution >= 4 is 11.8 Å². The summed E-state index contributed by atoms with van der Waals surface area (Å²) >= 11 is 0. The number of nitrogens with one attached hydrogen (secondary N) is 1. The van der Waals surface area contributed by atoms with Crippen LogP contribution in [0.2, 0.25) is 0 Å². The number of hydrogen-bond donors (Lipinski definition) is 1. The van der Waals surface area contributed by atoms with E-state index in [4.69, 9.17) is 0 Å². The lowest BCUT2D eigenvalue weighted by Gasteiger charge is -2.31. The van der Waals surface area contributed by atoms with Crippen molar-refractivity contribution in [2.24, 2.45) is 0 Å². The molecular weight excluding hydrogens is 372 g/mol. The lowest BCUT2D eigenvalue weighted by atomic mass is 9.95. The molecule has 0 bridgehead atoms. The highest BCUT2D eigenvalue weighted by atomic mass is 16.2. The van der Waals surface area contributed by atoms with Gasteiger partial charge in [0.05, 0.1) is 6.42 Å². The number of amides is 2. The van der Waals surface area contributed by atoms with E-state index in [-0.39, 0.29) is 17.9 Å². The average molecular weight is 407 g/mol. The summed E-state index contributed by atoms with van der Waals surface area (Å²) in [4.78, 5) is 28.0. The molecule has 2 amide bonds. The average Bonchev–Trinajstić information content (AvgIpc) is 2.72. The van der Waals surface area contributed by atoms with Crippen LogP contribution in [0.25, 0.3) is 0 Å². The summed E-state index contributed by atoms with van der Waals surface area (Å²) in [7, 11) is 0. The van der Waals surface area contributed by atoms with Crippen LogP contribution < -0.4 is 5.32 Å². The van der Waals surface area contributed by atoms with E-state index < -0.39 is 6.04 Å². The highest BCUT2D eigenvalue weighted by Crippen LogP contribution is 2.19. The van der Waals surface area contributed by atoms with E-state index in [1.54, 1.807) is 4.90 Å². The van der Waals surface area contributed by atoms with Gasteiger partial charge in [-0.2, -0.15) is 0 Å². The maximum absolute atomic E-state index is 13.3. The molecule has 1 atom stereocenters. The van der Waals surface area contributed by atoms with Gasteiger partial charge in [0.1, 0.15) is 6.04 Å². The van der Waals surface area contributed by atoms with Gasteiger partial charge in [0.2, 0.25) is 11.8 Å². The fraction of sp³-hybridized carbons (Fsp3) is 0.462. The third-order valence-electron chi connectivity index (χ3n) is 5.99. The van der Waals surface area contributed by atoms with E-state index in [0.717, 1.165) is 35.1 Å². The van der Waals surface area contributed by atoms with Crippen LogP contribution in [0, 0.1) is 13.8 Å². The zero-order valence-electron chi connectivity index (χ0n) is 18.5. The zero-order chi connectivity index (χ0) is 21.5. The quantitative estimate of drug-likeness (QED) is 0.724. The van der Waals surface area contributed by atoms with Crippen molar-refractivity contribution in [3.63, 3.8) is 0 Å². The van der Waals surface area contributed by atoms with Gasteiger partial charge in [-0.25, -0.2) is 0 Å². The van der Waals surface area contributed by atoms with Crippen LogP contribution >= 0.6 is 0 Å². The van der Waals surface area contributed by atoms with Gasteiger partial charge in [0.25, 0.3) is 0 Å². The molecule has 4 heteroatoms. The number of benzene rings is 2. The Morgan fingerprint density at radius 1 is 0.967 bits per heavy atom. The van der Waals surface area contributed by atoms with E-state index in [2.05, 4.69) is 11.4 Å². The van der Waals surface area contributed by atoms with Crippen molar-refractivity contribution < 1.29 is 9.59 Å². The third kappa shape index (κ3) is 6.19. The summed E-state index contributed by atoms with van der Waals surface area (Å²) in [5.41, 5.74) is 4.31. The predicted octanol–water partition coefficient (Wildman–Crippen LogP) is 4.71. The van der Waals surface area contributed by atoms with Crippen LogP contribution in [0.15, 0.2) is 48.5 Å². The van der Waals surface area contributed by atoms with Crippen molar-refractivity contribution in [2.75, 3.05) is 0 Å². The molecule has 1 saturated carbocycles. The molecule has 1 aliphatic rings. The van der Waals surface area contributed by atoms with Gasteiger partial charge >= 0.3 is 0 Å². The smallest absolute Gasteiger partial charge is 0.242 e. The Balaban J connectivity index is 1.76. The molecule has 160 valence electrons. The normalized spacial score (nSPS) is 15.4. The molecule has 0 aliphatic heterocycles.